The quantitative estimate of drug-likeness (QED) is 0.334. The van der Waals surface area contributed by atoms with Gasteiger partial charge in [-0.3, -0.25) is 4.99 Å². The molecule has 0 radical (unpaired) electrons. The predicted molar refractivity (Wildman–Crippen MR) is 131 cm³/mol. The number of methoxy groups -OCH3 is 1. The van der Waals surface area contributed by atoms with Crippen LogP contribution in [-0.2, 0) is 0 Å². The van der Waals surface area contributed by atoms with E-state index in [0.29, 0.717) is 12.0 Å². The van der Waals surface area contributed by atoms with Crippen LogP contribution in [-0.4, -0.2) is 69.3 Å². The SMILES string of the molecule is CCNC(=NCC1CCN(C2CC2)C1)NC1CCN(c2ccccc2OC)C1.I. The molecule has 1 aromatic carbocycles. The number of likely N-dealkylation sites (tertiary alicyclic amines) is 1. The molecule has 3 fully saturated rings. The van der Waals surface area contributed by atoms with Gasteiger partial charge in [-0.25, -0.2) is 0 Å². The highest BCUT2D eigenvalue weighted by atomic mass is 127. The van der Waals surface area contributed by atoms with E-state index in [4.69, 9.17) is 9.73 Å². The summed E-state index contributed by atoms with van der Waals surface area (Å²) in [6.45, 7) is 8.48. The first-order chi connectivity index (χ1) is 13.8. The van der Waals surface area contributed by atoms with Gasteiger partial charge >= 0.3 is 0 Å². The topological polar surface area (TPSA) is 52.1 Å². The Hall–Kier alpha value is -1.22. The molecule has 0 aromatic heterocycles. The third-order valence-electron chi connectivity index (χ3n) is 6.19. The summed E-state index contributed by atoms with van der Waals surface area (Å²) in [7, 11) is 1.74. The van der Waals surface area contributed by atoms with Crippen LogP contribution in [0, 0.1) is 5.92 Å². The lowest BCUT2D eigenvalue weighted by Crippen LogP contribution is -2.45. The number of aliphatic imine (C=N–C) groups is 1. The molecule has 2 N–H and O–H groups in total. The molecule has 2 unspecified atom stereocenters. The molecule has 1 aliphatic carbocycles. The highest BCUT2D eigenvalue weighted by Crippen LogP contribution is 2.32. The van der Waals surface area contributed by atoms with E-state index < -0.39 is 0 Å². The Kier molecular flexibility index (Phi) is 8.29. The highest BCUT2D eigenvalue weighted by Gasteiger charge is 2.34. The van der Waals surface area contributed by atoms with Crippen LogP contribution < -0.4 is 20.3 Å². The smallest absolute Gasteiger partial charge is 0.191 e. The van der Waals surface area contributed by atoms with E-state index in [-0.39, 0.29) is 24.0 Å². The van der Waals surface area contributed by atoms with Gasteiger partial charge in [-0.05, 0) is 57.2 Å². The summed E-state index contributed by atoms with van der Waals surface area (Å²) >= 11 is 0. The average molecular weight is 513 g/mol. The van der Waals surface area contributed by atoms with Gasteiger partial charge in [0, 0.05) is 44.8 Å². The number of anilines is 1. The fraction of sp³-hybridized carbons (Fsp3) is 0.682. The van der Waals surface area contributed by atoms with E-state index in [9.17, 15) is 0 Å². The fourth-order valence-electron chi connectivity index (χ4n) is 4.50. The molecule has 4 rings (SSSR count). The molecular weight excluding hydrogens is 477 g/mol. The van der Waals surface area contributed by atoms with E-state index in [1.165, 1.54) is 38.0 Å². The molecule has 2 saturated heterocycles. The minimum atomic E-state index is 0. The standard InChI is InChI=1S/C22H35N5O.HI/c1-3-23-22(24-14-17-10-12-26(15-17)19-8-9-19)25-18-11-13-27(16-18)20-6-4-5-7-21(20)28-2;/h4-7,17-19H,3,8-16H2,1-2H3,(H2,23,24,25);1H. The molecule has 0 amide bonds. The lowest BCUT2D eigenvalue weighted by molar-refractivity contribution is 0.315. The van der Waals surface area contributed by atoms with E-state index in [1.807, 2.05) is 12.1 Å². The molecule has 2 atom stereocenters. The number of halogens is 1. The maximum absolute atomic E-state index is 5.54. The number of hydrogen-bond donors (Lipinski definition) is 2. The molecule has 2 aliphatic heterocycles. The molecule has 0 bridgehead atoms. The van der Waals surface area contributed by atoms with Gasteiger partial charge in [0.05, 0.1) is 12.8 Å². The Labute approximate surface area is 192 Å². The fourth-order valence-corrected chi connectivity index (χ4v) is 4.50. The zero-order valence-corrected chi connectivity index (χ0v) is 20.1. The predicted octanol–water partition coefficient (Wildman–Crippen LogP) is 2.93. The molecule has 0 spiro atoms. The zero-order valence-electron chi connectivity index (χ0n) is 17.8. The Balaban J connectivity index is 0.00000240. The highest BCUT2D eigenvalue weighted by molar-refractivity contribution is 14.0. The van der Waals surface area contributed by atoms with Crippen molar-refractivity contribution in [3.05, 3.63) is 24.3 Å². The number of ether oxygens (including phenoxy) is 1. The first-order valence-electron chi connectivity index (χ1n) is 10.9. The average Bonchev–Trinajstić information content (AvgIpc) is 3.28. The molecule has 7 heteroatoms. The minimum absolute atomic E-state index is 0. The van der Waals surface area contributed by atoms with Gasteiger partial charge in [0.15, 0.2) is 5.96 Å². The summed E-state index contributed by atoms with van der Waals surface area (Å²) in [6, 6.07) is 9.59. The van der Waals surface area contributed by atoms with Crippen molar-refractivity contribution in [2.45, 2.75) is 44.7 Å². The summed E-state index contributed by atoms with van der Waals surface area (Å²) in [5, 5.41) is 7.11. The monoisotopic (exact) mass is 513 g/mol. The number of hydrogen-bond acceptors (Lipinski definition) is 4. The van der Waals surface area contributed by atoms with E-state index in [2.05, 4.69) is 39.5 Å². The van der Waals surface area contributed by atoms with Crippen molar-refractivity contribution in [2.75, 3.05) is 51.3 Å². The first kappa shape index (κ1) is 22.5. The molecule has 2 heterocycles. The van der Waals surface area contributed by atoms with Crippen LogP contribution >= 0.6 is 24.0 Å². The second-order valence-electron chi connectivity index (χ2n) is 8.35. The van der Waals surface area contributed by atoms with Crippen LogP contribution in [0.4, 0.5) is 5.69 Å². The van der Waals surface area contributed by atoms with Crippen molar-refractivity contribution < 1.29 is 4.74 Å². The minimum Gasteiger partial charge on any atom is -0.495 e. The summed E-state index contributed by atoms with van der Waals surface area (Å²) in [5.74, 6) is 2.63. The summed E-state index contributed by atoms with van der Waals surface area (Å²) in [6.07, 6.45) is 5.22. The lowest BCUT2D eigenvalue weighted by Gasteiger charge is -2.22. The van der Waals surface area contributed by atoms with Crippen molar-refractivity contribution in [1.29, 1.82) is 0 Å². The third kappa shape index (κ3) is 5.90. The molecular formula is C22H36IN5O. The van der Waals surface area contributed by atoms with Gasteiger partial charge in [0.2, 0.25) is 0 Å². The first-order valence-corrected chi connectivity index (χ1v) is 10.9. The molecule has 29 heavy (non-hydrogen) atoms. The van der Waals surface area contributed by atoms with E-state index in [1.54, 1.807) is 7.11 Å². The lowest BCUT2D eigenvalue weighted by atomic mass is 10.1. The van der Waals surface area contributed by atoms with E-state index >= 15 is 0 Å². The summed E-state index contributed by atoms with van der Waals surface area (Å²) in [4.78, 5) is 10.0. The van der Waals surface area contributed by atoms with Crippen LogP contribution in [0.5, 0.6) is 5.75 Å². The Morgan fingerprint density at radius 2 is 1.97 bits per heavy atom. The largest absolute Gasteiger partial charge is 0.495 e. The van der Waals surface area contributed by atoms with Crippen LogP contribution in [0.1, 0.15) is 32.6 Å². The second-order valence-corrected chi connectivity index (χ2v) is 8.35. The van der Waals surface area contributed by atoms with Gasteiger partial charge in [-0.1, -0.05) is 12.1 Å². The number of para-hydroxylation sites is 2. The van der Waals surface area contributed by atoms with Crippen molar-refractivity contribution in [3.63, 3.8) is 0 Å². The normalized spacial score (nSPS) is 25.0. The maximum atomic E-state index is 5.54. The molecule has 1 aromatic rings. The second kappa shape index (κ2) is 10.7. The van der Waals surface area contributed by atoms with Gasteiger partial charge in [0.1, 0.15) is 5.75 Å². The van der Waals surface area contributed by atoms with Crippen molar-refractivity contribution in [1.82, 2.24) is 15.5 Å². The van der Waals surface area contributed by atoms with Crippen molar-refractivity contribution in [2.24, 2.45) is 10.9 Å². The molecule has 3 aliphatic rings. The van der Waals surface area contributed by atoms with Gasteiger partial charge < -0.3 is 25.2 Å². The van der Waals surface area contributed by atoms with Crippen LogP contribution in [0.15, 0.2) is 29.3 Å². The number of benzene rings is 1. The summed E-state index contributed by atoms with van der Waals surface area (Å²) in [5.41, 5.74) is 1.18. The van der Waals surface area contributed by atoms with Crippen LogP contribution in [0.25, 0.3) is 0 Å². The van der Waals surface area contributed by atoms with Gasteiger partial charge in [-0.2, -0.15) is 0 Å². The molecule has 162 valence electrons. The molecule has 1 saturated carbocycles. The molecule has 6 nitrogen and oxygen atoms in total. The third-order valence-corrected chi connectivity index (χ3v) is 6.19. The van der Waals surface area contributed by atoms with Crippen LogP contribution in [0.3, 0.4) is 0 Å². The van der Waals surface area contributed by atoms with Crippen molar-refractivity contribution >= 4 is 35.6 Å². The maximum Gasteiger partial charge on any atom is 0.191 e. The Morgan fingerprint density at radius 1 is 1.14 bits per heavy atom. The van der Waals surface area contributed by atoms with Crippen molar-refractivity contribution in [3.8, 4) is 5.75 Å². The van der Waals surface area contributed by atoms with Crippen LogP contribution in [0.2, 0.25) is 0 Å². The summed E-state index contributed by atoms with van der Waals surface area (Å²) < 4.78 is 5.54. The van der Waals surface area contributed by atoms with Gasteiger partial charge in [-0.15, -0.1) is 24.0 Å². The number of nitrogens with one attached hydrogen (secondary N) is 2. The zero-order chi connectivity index (χ0) is 19.3. The Morgan fingerprint density at radius 3 is 2.72 bits per heavy atom. The number of rotatable bonds is 7. The number of nitrogens with zero attached hydrogens (tertiary/aromatic N) is 3. The number of guanidine groups is 1. The van der Waals surface area contributed by atoms with Gasteiger partial charge in [0.25, 0.3) is 0 Å². The Bertz CT molecular complexity index is 681. The van der Waals surface area contributed by atoms with E-state index in [0.717, 1.165) is 50.4 Å².